The molecule has 1 aromatic carbocycles. The Balaban J connectivity index is 1.91. The maximum Gasteiger partial charge on any atom is 0.254 e. The van der Waals surface area contributed by atoms with Crippen LogP contribution in [0.1, 0.15) is 56.8 Å². The maximum absolute atomic E-state index is 13.6. The molecule has 26 heavy (non-hydrogen) atoms. The zero-order valence-electron chi connectivity index (χ0n) is 15.7. The molecule has 144 valence electrons. The number of halogens is 2. The molecule has 1 aliphatic rings. The van der Waals surface area contributed by atoms with E-state index in [2.05, 4.69) is 26.1 Å². The fourth-order valence-electron chi connectivity index (χ4n) is 3.48. The number of carbonyl (C=O) groups excluding carboxylic acids is 2. The first-order valence-corrected chi connectivity index (χ1v) is 9.32. The normalized spacial score (nSPS) is 20.8. The standard InChI is InChI=1S/C20H28F2N2O2/c1-13(2)18-7-4-14(3)9-11-24(18)19(25)8-10-23-20(26)16-6-5-15(21)12-17(16)22/h5-6,12-14,18H,4,7-11H2,1-3H3,(H,23,26). The third-order valence-electron chi connectivity index (χ3n) is 5.11. The van der Waals surface area contributed by atoms with Crippen molar-refractivity contribution < 1.29 is 18.4 Å². The van der Waals surface area contributed by atoms with Crippen LogP contribution in [-0.2, 0) is 4.79 Å². The number of carbonyl (C=O) groups is 2. The summed E-state index contributed by atoms with van der Waals surface area (Å²) in [6.07, 6.45) is 3.28. The average Bonchev–Trinajstić information content (AvgIpc) is 2.76. The Labute approximate surface area is 153 Å². The summed E-state index contributed by atoms with van der Waals surface area (Å²) in [7, 11) is 0. The number of rotatable bonds is 5. The number of nitrogens with one attached hydrogen (secondary N) is 1. The van der Waals surface area contributed by atoms with Crippen LogP contribution in [0, 0.1) is 23.5 Å². The number of hydrogen-bond donors (Lipinski definition) is 1. The Hall–Kier alpha value is -1.98. The van der Waals surface area contributed by atoms with Crippen molar-refractivity contribution in [3.8, 4) is 0 Å². The predicted molar refractivity (Wildman–Crippen MR) is 96.7 cm³/mol. The van der Waals surface area contributed by atoms with Crippen LogP contribution < -0.4 is 5.32 Å². The Morgan fingerprint density at radius 1 is 1.23 bits per heavy atom. The van der Waals surface area contributed by atoms with Crippen LogP contribution in [0.2, 0.25) is 0 Å². The van der Waals surface area contributed by atoms with Gasteiger partial charge in [-0.05, 0) is 43.2 Å². The summed E-state index contributed by atoms with van der Waals surface area (Å²) in [5.74, 6) is -1.28. The molecule has 1 aromatic rings. The van der Waals surface area contributed by atoms with E-state index in [4.69, 9.17) is 0 Å². The lowest BCUT2D eigenvalue weighted by molar-refractivity contribution is -0.134. The van der Waals surface area contributed by atoms with Gasteiger partial charge >= 0.3 is 0 Å². The highest BCUT2D eigenvalue weighted by Gasteiger charge is 2.29. The minimum absolute atomic E-state index is 0.0117. The third kappa shape index (κ3) is 5.26. The van der Waals surface area contributed by atoms with Crippen molar-refractivity contribution in [2.45, 2.75) is 52.5 Å². The highest BCUT2D eigenvalue weighted by Crippen LogP contribution is 2.26. The SMILES string of the molecule is CC1CCC(C(C)C)N(C(=O)CCNC(=O)c2ccc(F)cc2F)CC1. The molecule has 0 radical (unpaired) electrons. The van der Waals surface area contributed by atoms with Gasteiger partial charge in [-0.2, -0.15) is 0 Å². The van der Waals surface area contributed by atoms with Gasteiger partial charge in [-0.15, -0.1) is 0 Å². The van der Waals surface area contributed by atoms with Gasteiger partial charge in [0.2, 0.25) is 5.91 Å². The lowest BCUT2D eigenvalue weighted by atomic mass is 9.95. The molecule has 1 saturated heterocycles. The van der Waals surface area contributed by atoms with Gasteiger partial charge in [0.1, 0.15) is 11.6 Å². The summed E-state index contributed by atoms with van der Waals surface area (Å²) in [6, 6.07) is 3.03. The maximum atomic E-state index is 13.6. The molecule has 2 unspecified atom stereocenters. The number of nitrogens with zero attached hydrogens (tertiary/aromatic N) is 1. The lowest BCUT2D eigenvalue weighted by Crippen LogP contribution is -2.44. The first kappa shape index (κ1) is 20.3. The van der Waals surface area contributed by atoms with E-state index >= 15 is 0 Å². The van der Waals surface area contributed by atoms with Crippen LogP contribution in [0.15, 0.2) is 18.2 Å². The van der Waals surface area contributed by atoms with Crippen molar-refractivity contribution in [3.05, 3.63) is 35.4 Å². The van der Waals surface area contributed by atoms with Gasteiger partial charge in [0.15, 0.2) is 0 Å². The van der Waals surface area contributed by atoms with E-state index in [-0.39, 0.29) is 30.5 Å². The summed E-state index contributed by atoms with van der Waals surface area (Å²) < 4.78 is 26.5. The first-order chi connectivity index (χ1) is 12.3. The van der Waals surface area contributed by atoms with Crippen molar-refractivity contribution in [1.82, 2.24) is 10.2 Å². The monoisotopic (exact) mass is 366 g/mol. The van der Waals surface area contributed by atoms with Crippen molar-refractivity contribution in [3.63, 3.8) is 0 Å². The molecule has 2 atom stereocenters. The van der Waals surface area contributed by atoms with Gasteiger partial charge < -0.3 is 10.2 Å². The fraction of sp³-hybridized carbons (Fsp3) is 0.600. The molecular formula is C20H28F2N2O2. The van der Waals surface area contributed by atoms with Gasteiger partial charge in [0, 0.05) is 31.6 Å². The summed E-state index contributed by atoms with van der Waals surface area (Å²) in [6.45, 7) is 7.33. The topological polar surface area (TPSA) is 49.4 Å². The highest BCUT2D eigenvalue weighted by atomic mass is 19.1. The molecule has 0 aliphatic carbocycles. The fourth-order valence-corrected chi connectivity index (χ4v) is 3.48. The second kappa shape index (κ2) is 9.10. The second-order valence-electron chi connectivity index (χ2n) is 7.50. The predicted octanol–water partition coefficient (Wildman–Crippen LogP) is 3.76. The molecule has 1 aliphatic heterocycles. The minimum atomic E-state index is -0.907. The molecule has 0 aromatic heterocycles. The summed E-state index contributed by atoms with van der Waals surface area (Å²) in [4.78, 5) is 26.6. The van der Waals surface area contributed by atoms with Crippen molar-refractivity contribution in [1.29, 1.82) is 0 Å². The Morgan fingerprint density at radius 2 is 1.96 bits per heavy atom. The van der Waals surface area contributed by atoms with E-state index in [9.17, 15) is 18.4 Å². The molecule has 1 fully saturated rings. The van der Waals surface area contributed by atoms with Crippen LogP contribution in [0.3, 0.4) is 0 Å². The number of benzene rings is 1. The van der Waals surface area contributed by atoms with E-state index < -0.39 is 17.5 Å². The molecule has 0 spiro atoms. The smallest absolute Gasteiger partial charge is 0.254 e. The molecule has 1 heterocycles. The molecule has 0 saturated carbocycles. The van der Waals surface area contributed by atoms with Crippen LogP contribution in [-0.4, -0.2) is 35.8 Å². The number of likely N-dealkylation sites (tertiary alicyclic amines) is 1. The van der Waals surface area contributed by atoms with E-state index in [1.54, 1.807) is 0 Å². The molecule has 0 bridgehead atoms. The first-order valence-electron chi connectivity index (χ1n) is 9.32. The molecule has 2 amide bonds. The van der Waals surface area contributed by atoms with Crippen molar-refractivity contribution in [2.24, 2.45) is 11.8 Å². The van der Waals surface area contributed by atoms with Crippen LogP contribution in [0.4, 0.5) is 8.78 Å². The lowest BCUT2D eigenvalue weighted by Gasteiger charge is -2.33. The summed E-state index contributed by atoms with van der Waals surface area (Å²) in [5, 5.41) is 2.55. The molecule has 2 rings (SSSR count). The van der Waals surface area contributed by atoms with Gasteiger partial charge in [-0.25, -0.2) is 8.78 Å². The van der Waals surface area contributed by atoms with Gasteiger partial charge in [0.25, 0.3) is 5.91 Å². The third-order valence-corrected chi connectivity index (χ3v) is 5.11. The molecule has 4 nitrogen and oxygen atoms in total. The minimum Gasteiger partial charge on any atom is -0.351 e. The second-order valence-corrected chi connectivity index (χ2v) is 7.50. The van der Waals surface area contributed by atoms with Crippen molar-refractivity contribution >= 4 is 11.8 Å². The Bertz CT molecular complexity index is 649. The quantitative estimate of drug-likeness (QED) is 0.863. The van der Waals surface area contributed by atoms with Crippen LogP contribution in [0.5, 0.6) is 0 Å². The number of hydrogen-bond acceptors (Lipinski definition) is 2. The average molecular weight is 366 g/mol. The van der Waals surface area contributed by atoms with Crippen LogP contribution >= 0.6 is 0 Å². The van der Waals surface area contributed by atoms with E-state index in [1.807, 2.05) is 4.90 Å². The summed E-state index contributed by atoms with van der Waals surface area (Å²) in [5.41, 5.74) is -0.220. The van der Waals surface area contributed by atoms with E-state index in [1.165, 1.54) is 0 Å². The highest BCUT2D eigenvalue weighted by molar-refractivity contribution is 5.94. The molecule has 1 N–H and O–H groups in total. The van der Waals surface area contributed by atoms with Gasteiger partial charge in [-0.1, -0.05) is 20.8 Å². The Kier molecular flexibility index (Phi) is 7.12. The van der Waals surface area contributed by atoms with E-state index in [0.717, 1.165) is 37.9 Å². The van der Waals surface area contributed by atoms with Crippen molar-refractivity contribution in [2.75, 3.05) is 13.1 Å². The zero-order valence-corrected chi connectivity index (χ0v) is 15.7. The number of amides is 2. The van der Waals surface area contributed by atoms with Crippen LogP contribution in [0.25, 0.3) is 0 Å². The zero-order chi connectivity index (χ0) is 19.3. The largest absolute Gasteiger partial charge is 0.351 e. The van der Waals surface area contributed by atoms with Gasteiger partial charge in [0.05, 0.1) is 5.56 Å². The Morgan fingerprint density at radius 3 is 2.62 bits per heavy atom. The summed E-state index contributed by atoms with van der Waals surface area (Å²) >= 11 is 0. The van der Waals surface area contributed by atoms with E-state index in [0.29, 0.717) is 17.9 Å². The molecular weight excluding hydrogens is 338 g/mol. The van der Waals surface area contributed by atoms with Gasteiger partial charge in [-0.3, -0.25) is 9.59 Å². The molecule has 6 heteroatoms.